The first-order valence-electron chi connectivity index (χ1n) is 4.74. The van der Waals surface area contributed by atoms with E-state index in [0.29, 0.717) is 22.5 Å². The smallest absolute Gasteiger partial charge is 0.159 e. The van der Waals surface area contributed by atoms with Crippen LogP contribution in [0.15, 0.2) is 18.3 Å². The van der Waals surface area contributed by atoms with Crippen LogP contribution in [-0.4, -0.2) is 9.78 Å². The van der Waals surface area contributed by atoms with Crippen molar-refractivity contribution in [2.45, 2.75) is 6.92 Å². The van der Waals surface area contributed by atoms with Crippen molar-refractivity contribution >= 4 is 5.82 Å². The van der Waals surface area contributed by atoms with Crippen molar-refractivity contribution in [1.29, 1.82) is 0 Å². The predicted molar refractivity (Wildman–Crippen MR) is 57.7 cm³/mol. The SMILES string of the molecule is Cc1cc(F)c(F)cc1-c1cnn(C)c1N. The maximum atomic E-state index is 13.1. The first-order valence-corrected chi connectivity index (χ1v) is 4.74. The molecule has 0 unspecified atom stereocenters. The van der Waals surface area contributed by atoms with Crippen molar-refractivity contribution in [1.82, 2.24) is 9.78 Å². The maximum absolute atomic E-state index is 13.1. The van der Waals surface area contributed by atoms with Crippen LogP contribution in [0.5, 0.6) is 0 Å². The fraction of sp³-hybridized carbons (Fsp3) is 0.182. The summed E-state index contributed by atoms with van der Waals surface area (Å²) in [6, 6.07) is 2.29. The minimum atomic E-state index is -0.885. The van der Waals surface area contributed by atoms with Gasteiger partial charge < -0.3 is 5.73 Å². The Kier molecular flexibility index (Phi) is 2.38. The summed E-state index contributed by atoms with van der Waals surface area (Å²) in [5.74, 6) is -1.32. The van der Waals surface area contributed by atoms with E-state index in [-0.39, 0.29) is 0 Å². The topological polar surface area (TPSA) is 43.8 Å². The molecule has 0 fully saturated rings. The number of nitrogens with zero attached hydrogens (tertiary/aromatic N) is 2. The summed E-state index contributed by atoms with van der Waals surface area (Å²) in [5.41, 5.74) is 7.57. The average molecular weight is 223 g/mol. The summed E-state index contributed by atoms with van der Waals surface area (Å²) >= 11 is 0. The fourth-order valence-corrected chi connectivity index (χ4v) is 1.59. The van der Waals surface area contributed by atoms with Crippen LogP contribution in [-0.2, 0) is 7.05 Å². The van der Waals surface area contributed by atoms with Crippen molar-refractivity contribution in [2.24, 2.45) is 7.05 Å². The molecule has 3 nitrogen and oxygen atoms in total. The summed E-state index contributed by atoms with van der Waals surface area (Å²) in [7, 11) is 1.69. The lowest BCUT2D eigenvalue weighted by atomic mass is 10.0. The highest BCUT2D eigenvalue weighted by atomic mass is 19.2. The largest absolute Gasteiger partial charge is 0.383 e. The summed E-state index contributed by atoms with van der Waals surface area (Å²) in [5, 5.41) is 3.96. The second-order valence-electron chi connectivity index (χ2n) is 3.65. The number of aryl methyl sites for hydroxylation is 2. The minimum Gasteiger partial charge on any atom is -0.383 e. The van der Waals surface area contributed by atoms with Gasteiger partial charge in [-0.3, -0.25) is 4.68 Å². The van der Waals surface area contributed by atoms with Crippen molar-refractivity contribution in [3.63, 3.8) is 0 Å². The molecule has 84 valence electrons. The molecule has 1 aromatic carbocycles. The molecule has 0 bridgehead atoms. The lowest BCUT2D eigenvalue weighted by molar-refractivity contribution is 0.508. The van der Waals surface area contributed by atoms with Gasteiger partial charge in [0.1, 0.15) is 5.82 Å². The lowest BCUT2D eigenvalue weighted by Gasteiger charge is -2.06. The number of halogens is 2. The van der Waals surface area contributed by atoms with E-state index in [4.69, 9.17) is 5.73 Å². The zero-order valence-corrected chi connectivity index (χ0v) is 8.96. The molecule has 2 aromatic rings. The molecule has 0 saturated carbocycles. The molecule has 2 rings (SSSR count). The molecule has 0 saturated heterocycles. The maximum Gasteiger partial charge on any atom is 0.159 e. The van der Waals surface area contributed by atoms with E-state index < -0.39 is 11.6 Å². The quantitative estimate of drug-likeness (QED) is 0.805. The number of nitrogen functional groups attached to an aromatic ring is 1. The van der Waals surface area contributed by atoms with Gasteiger partial charge in [0.25, 0.3) is 0 Å². The van der Waals surface area contributed by atoms with E-state index in [2.05, 4.69) is 5.10 Å². The third kappa shape index (κ3) is 1.54. The number of hydrogen-bond donors (Lipinski definition) is 1. The van der Waals surface area contributed by atoms with Crippen LogP contribution in [0, 0.1) is 18.6 Å². The molecule has 0 atom stereocenters. The third-order valence-electron chi connectivity index (χ3n) is 2.54. The Morgan fingerprint density at radius 2 is 1.81 bits per heavy atom. The normalized spacial score (nSPS) is 10.8. The van der Waals surface area contributed by atoms with E-state index in [0.717, 1.165) is 12.1 Å². The lowest BCUT2D eigenvalue weighted by Crippen LogP contribution is -1.99. The monoisotopic (exact) mass is 223 g/mol. The zero-order chi connectivity index (χ0) is 11.9. The molecule has 2 N–H and O–H groups in total. The van der Waals surface area contributed by atoms with Gasteiger partial charge >= 0.3 is 0 Å². The Morgan fingerprint density at radius 1 is 1.19 bits per heavy atom. The van der Waals surface area contributed by atoms with E-state index in [1.165, 1.54) is 10.9 Å². The fourth-order valence-electron chi connectivity index (χ4n) is 1.59. The van der Waals surface area contributed by atoms with Gasteiger partial charge in [0.15, 0.2) is 11.6 Å². The van der Waals surface area contributed by atoms with Gasteiger partial charge in [-0.05, 0) is 30.2 Å². The van der Waals surface area contributed by atoms with Crippen LogP contribution in [0.25, 0.3) is 11.1 Å². The average Bonchev–Trinajstić information content (AvgIpc) is 2.54. The van der Waals surface area contributed by atoms with Crippen LogP contribution >= 0.6 is 0 Å². The van der Waals surface area contributed by atoms with Gasteiger partial charge in [-0.15, -0.1) is 0 Å². The summed E-state index contributed by atoms with van der Waals surface area (Å²) in [4.78, 5) is 0. The molecule has 0 aliphatic rings. The second-order valence-corrected chi connectivity index (χ2v) is 3.65. The van der Waals surface area contributed by atoms with Crippen molar-refractivity contribution in [3.8, 4) is 11.1 Å². The van der Waals surface area contributed by atoms with Crippen LogP contribution in [0.1, 0.15) is 5.56 Å². The first kappa shape index (κ1) is 10.6. The predicted octanol–water partition coefficient (Wildman–Crippen LogP) is 2.26. The van der Waals surface area contributed by atoms with Gasteiger partial charge in [-0.2, -0.15) is 5.10 Å². The first-order chi connectivity index (χ1) is 7.50. The molecular formula is C11H11F2N3. The molecule has 1 aromatic heterocycles. The zero-order valence-electron chi connectivity index (χ0n) is 8.96. The van der Waals surface area contributed by atoms with Gasteiger partial charge in [-0.25, -0.2) is 8.78 Å². The highest BCUT2D eigenvalue weighted by Crippen LogP contribution is 2.29. The number of aromatic nitrogens is 2. The van der Waals surface area contributed by atoms with Crippen LogP contribution in [0.2, 0.25) is 0 Å². The number of benzene rings is 1. The molecule has 16 heavy (non-hydrogen) atoms. The molecule has 0 amide bonds. The summed E-state index contributed by atoms with van der Waals surface area (Å²) in [6.07, 6.45) is 1.54. The van der Waals surface area contributed by atoms with Gasteiger partial charge in [0.05, 0.1) is 6.20 Å². The Labute approximate surface area is 91.5 Å². The van der Waals surface area contributed by atoms with E-state index in [1.807, 2.05) is 0 Å². The Morgan fingerprint density at radius 3 is 2.38 bits per heavy atom. The van der Waals surface area contributed by atoms with Crippen molar-refractivity contribution in [3.05, 3.63) is 35.5 Å². The summed E-state index contributed by atoms with van der Waals surface area (Å²) < 4.78 is 27.6. The molecule has 0 radical (unpaired) electrons. The second kappa shape index (κ2) is 3.59. The number of anilines is 1. The Balaban J connectivity index is 2.65. The number of hydrogen-bond acceptors (Lipinski definition) is 2. The van der Waals surface area contributed by atoms with Gasteiger partial charge in [-0.1, -0.05) is 0 Å². The highest BCUT2D eigenvalue weighted by Gasteiger charge is 2.13. The van der Waals surface area contributed by atoms with E-state index >= 15 is 0 Å². The summed E-state index contributed by atoms with van der Waals surface area (Å²) in [6.45, 7) is 1.70. The van der Waals surface area contributed by atoms with Crippen LogP contribution in [0.4, 0.5) is 14.6 Å². The molecule has 0 spiro atoms. The van der Waals surface area contributed by atoms with Crippen molar-refractivity contribution in [2.75, 3.05) is 5.73 Å². The Bertz CT molecular complexity index is 546. The van der Waals surface area contributed by atoms with Crippen LogP contribution < -0.4 is 5.73 Å². The third-order valence-corrected chi connectivity index (χ3v) is 2.54. The van der Waals surface area contributed by atoms with Crippen LogP contribution in [0.3, 0.4) is 0 Å². The molecule has 1 heterocycles. The van der Waals surface area contributed by atoms with E-state index in [1.54, 1.807) is 14.0 Å². The number of nitrogens with two attached hydrogens (primary N) is 1. The Hall–Kier alpha value is -1.91. The molecule has 5 heteroatoms. The van der Waals surface area contributed by atoms with Gasteiger partial charge in [0, 0.05) is 12.6 Å². The molecular weight excluding hydrogens is 212 g/mol. The molecule has 0 aliphatic heterocycles. The van der Waals surface area contributed by atoms with E-state index in [9.17, 15) is 8.78 Å². The minimum absolute atomic E-state index is 0.425. The van der Waals surface area contributed by atoms with Crippen molar-refractivity contribution < 1.29 is 8.78 Å². The number of rotatable bonds is 1. The highest BCUT2D eigenvalue weighted by molar-refractivity contribution is 5.75. The standard InChI is InChI=1S/C11H11F2N3/c1-6-3-9(12)10(13)4-7(6)8-5-15-16(2)11(8)14/h3-5H,14H2,1-2H3. The molecule has 0 aliphatic carbocycles. The van der Waals surface area contributed by atoms with Gasteiger partial charge in [0.2, 0.25) is 0 Å².